The molecule has 86 valence electrons. The maximum atomic E-state index is 7.41. The summed E-state index contributed by atoms with van der Waals surface area (Å²) in [6.45, 7) is 5.93. The Morgan fingerprint density at radius 1 is 1.38 bits per heavy atom. The zero-order valence-electron chi connectivity index (χ0n) is 9.59. The van der Waals surface area contributed by atoms with Crippen LogP contribution >= 0.6 is 0 Å². The van der Waals surface area contributed by atoms with Gasteiger partial charge in [-0.05, 0) is 25.1 Å². The van der Waals surface area contributed by atoms with Crippen LogP contribution in [0, 0.1) is 5.41 Å². The normalized spacial score (nSPS) is 15.9. The third-order valence-corrected chi connectivity index (χ3v) is 2.66. The summed E-state index contributed by atoms with van der Waals surface area (Å²) >= 11 is 0. The Bertz CT molecular complexity index is 369. The van der Waals surface area contributed by atoms with Gasteiger partial charge in [0.25, 0.3) is 0 Å². The summed E-state index contributed by atoms with van der Waals surface area (Å²) in [6, 6.07) is 8.24. The lowest BCUT2D eigenvalue weighted by Crippen LogP contribution is -2.43. The second kappa shape index (κ2) is 4.99. The third kappa shape index (κ3) is 2.73. The number of piperazine rings is 1. The largest absolute Gasteiger partial charge is 0.369 e. The molecular weight excluding hydrogens is 200 g/mol. The van der Waals surface area contributed by atoms with Gasteiger partial charge in [0.2, 0.25) is 0 Å². The number of hydrogen-bond donors (Lipinski definition) is 3. The average molecular weight is 218 g/mol. The molecule has 0 amide bonds. The number of nitrogens with one attached hydrogen (secondary N) is 3. The van der Waals surface area contributed by atoms with E-state index in [0.717, 1.165) is 31.9 Å². The molecule has 16 heavy (non-hydrogen) atoms. The molecule has 1 aromatic rings. The number of rotatable bonds is 2. The molecule has 0 atom stereocenters. The Morgan fingerprint density at radius 2 is 2.12 bits per heavy atom. The van der Waals surface area contributed by atoms with Crippen LogP contribution in [0.2, 0.25) is 0 Å². The van der Waals surface area contributed by atoms with Crippen LogP contribution in [0.4, 0.5) is 11.4 Å². The third-order valence-electron chi connectivity index (χ3n) is 2.66. The Labute approximate surface area is 96.2 Å². The molecule has 0 unspecified atom stereocenters. The van der Waals surface area contributed by atoms with E-state index in [9.17, 15) is 0 Å². The SMILES string of the molecule is CC(=N)Nc1cccc(N2CCNCC2)c1. The molecule has 0 saturated carbocycles. The van der Waals surface area contributed by atoms with Gasteiger partial charge in [0.05, 0.1) is 5.84 Å². The zero-order valence-corrected chi connectivity index (χ0v) is 9.59. The van der Waals surface area contributed by atoms with Crippen LogP contribution in [-0.2, 0) is 0 Å². The van der Waals surface area contributed by atoms with Crippen molar-refractivity contribution in [1.82, 2.24) is 5.32 Å². The minimum absolute atomic E-state index is 0.470. The van der Waals surface area contributed by atoms with Gasteiger partial charge < -0.3 is 15.5 Å². The highest BCUT2D eigenvalue weighted by Crippen LogP contribution is 2.19. The smallest absolute Gasteiger partial charge is 0.0944 e. The van der Waals surface area contributed by atoms with Gasteiger partial charge in [0.15, 0.2) is 0 Å². The van der Waals surface area contributed by atoms with E-state index in [2.05, 4.69) is 27.7 Å². The Kier molecular flexibility index (Phi) is 3.41. The molecule has 0 bridgehead atoms. The molecule has 1 aliphatic rings. The molecule has 1 fully saturated rings. The summed E-state index contributed by atoms with van der Waals surface area (Å²) < 4.78 is 0. The Hall–Kier alpha value is -1.55. The summed E-state index contributed by atoms with van der Waals surface area (Å²) in [4.78, 5) is 2.36. The van der Waals surface area contributed by atoms with Gasteiger partial charge >= 0.3 is 0 Å². The van der Waals surface area contributed by atoms with Crippen molar-refractivity contribution in [2.24, 2.45) is 0 Å². The van der Waals surface area contributed by atoms with Gasteiger partial charge in [-0.15, -0.1) is 0 Å². The standard InChI is InChI=1S/C12H18N4/c1-10(13)15-11-3-2-4-12(9-11)16-7-5-14-6-8-16/h2-4,9,14H,5-8H2,1H3,(H2,13,15). The van der Waals surface area contributed by atoms with Crippen molar-refractivity contribution in [3.05, 3.63) is 24.3 Å². The van der Waals surface area contributed by atoms with Crippen molar-refractivity contribution in [3.8, 4) is 0 Å². The fraction of sp³-hybridized carbons (Fsp3) is 0.417. The van der Waals surface area contributed by atoms with E-state index >= 15 is 0 Å². The first kappa shape index (κ1) is 11.0. The lowest BCUT2D eigenvalue weighted by atomic mass is 10.2. The van der Waals surface area contributed by atoms with Gasteiger partial charge in [0.1, 0.15) is 0 Å². The van der Waals surface area contributed by atoms with Crippen LogP contribution in [0.3, 0.4) is 0 Å². The quantitative estimate of drug-likeness (QED) is 0.521. The first-order valence-electron chi connectivity index (χ1n) is 5.63. The van der Waals surface area contributed by atoms with Gasteiger partial charge in [-0.2, -0.15) is 0 Å². The second-order valence-electron chi connectivity index (χ2n) is 4.04. The molecule has 0 spiro atoms. The molecule has 0 aromatic heterocycles. The van der Waals surface area contributed by atoms with E-state index in [1.54, 1.807) is 6.92 Å². The van der Waals surface area contributed by atoms with E-state index in [0.29, 0.717) is 5.84 Å². The van der Waals surface area contributed by atoms with Crippen molar-refractivity contribution in [2.75, 3.05) is 36.4 Å². The molecule has 2 rings (SSSR count). The Balaban J connectivity index is 2.11. The fourth-order valence-electron chi connectivity index (χ4n) is 1.92. The lowest BCUT2D eigenvalue weighted by Gasteiger charge is -2.29. The minimum atomic E-state index is 0.470. The molecule has 4 nitrogen and oxygen atoms in total. The number of amidine groups is 1. The van der Waals surface area contributed by atoms with Crippen LogP contribution in [-0.4, -0.2) is 32.0 Å². The number of anilines is 2. The predicted octanol–water partition coefficient (Wildman–Crippen LogP) is 1.51. The van der Waals surface area contributed by atoms with Crippen LogP contribution in [0.5, 0.6) is 0 Å². The average Bonchev–Trinajstić information content (AvgIpc) is 2.30. The first-order valence-corrected chi connectivity index (χ1v) is 5.63. The van der Waals surface area contributed by atoms with Gasteiger partial charge in [-0.1, -0.05) is 6.07 Å². The summed E-state index contributed by atoms with van der Waals surface area (Å²) in [7, 11) is 0. The van der Waals surface area contributed by atoms with Gasteiger partial charge in [-0.3, -0.25) is 5.41 Å². The van der Waals surface area contributed by atoms with E-state index in [1.807, 2.05) is 12.1 Å². The lowest BCUT2D eigenvalue weighted by molar-refractivity contribution is 0.589. The summed E-state index contributed by atoms with van der Waals surface area (Å²) in [5, 5.41) is 13.8. The predicted molar refractivity (Wildman–Crippen MR) is 68.5 cm³/mol. The highest BCUT2D eigenvalue weighted by atomic mass is 15.2. The van der Waals surface area contributed by atoms with E-state index in [1.165, 1.54) is 5.69 Å². The molecule has 1 heterocycles. The molecule has 1 saturated heterocycles. The molecule has 0 aliphatic carbocycles. The van der Waals surface area contributed by atoms with Gasteiger partial charge in [0, 0.05) is 37.6 Å². The van der Waals surface area contributed by atoms with E-state index in [-0.39, 0.29) is 0 Å². The van der Waals surface area contributed by atoms with Crippen LogP contribution in [0.25, 0.3) is 0 Å². The molecule has 3 N–H and O–H groups in total. The highest BCUT2D eigenvalue weighted by molar-refractivity contribution is 5.91. The summed E-state index contributed by atoms with van der Waals surface area (Å²) in [6.07, 6.45) is 0. The van der Waals surface area contributed by atoms with Crippen molar-refractivity contribution in [1.29, 1.82) is 5.41 Å². The van der Waals surface area contributed by atoms with Crippen molar-refractivity contribution in [3.63, 3.8) is 0 Å². The molecule has 4 heteroatoms. The molecular formula is C12H18N4. The van der Waals surface area contributed by atoms with Crippen molar-refractivity contribution >= 4 is 17.2 Å². The molecule has 0 radical (unpaired) electrons. The molecule has 1 aliphatic heterocycles. The number of hydrogen-bond acceptors (Lipinski definition) is 3. The highest BCUT2D eigenvalue weighted by Gasteiger charge is 2.10. The van der Waals surface area contributed by atoms with Crippen molar-refractivity contribution in [2.45, 2.75) is 6.92 Å². The van der Waals surface area contributed by atoms with Crippen LogP contribution < -0.4 is 15.5 Å². The number of benzene rings is 1. The second-order valence-corrected chi connectivity index (χ2v) is 4.04. The van der Waals surface area contributed by atoms with Crippen LogP contribution in [0.1, 0.15) is 6.92 Å². The number of nitrogens with zero attached hydrogens (tertiary/aromatic N) is 1. The monoisotopic (exact) mass is 218 g/mol. The topological polar surface area (TPSA) is 51.2 Å². The maximum absolute atomic E-state index is 7.41. The molecule has 1 aromatic carbocycles. The minimum Gasteiger partial charge on any atom is -0.369 e. The summed E-state index contributed by atoms with van der Waals surface area (Å²) in [5.41, 5.74) is 2.22. The van der Waals surface area contributed by atoms with E-state index in [4.69, 9.17) is 5.41 Å². The fourth-order valence-corrected chi connectivity index (χ4v) is 1.92. The van der Waals surface area contributed by atoms with Crippen molar-refractivity contribution < 1.29 is 0 Å². The summed E-state index contributed by atoms with van der Waals surface area (Å²) in [5.74, 6) is 0.470. The van der Waals surface area contributed by atoms with E-state index < -0.39 is 0 Å². The van der Waals surface area contributed by atoms with Crippen LogP contribution in [0.15, 0.2) is 24.3 Å². The Morgan fingerprint density at radius 3 is 2.81 bits per heavy atom. The zero-order chi connectivity index (χ0) is 11.4. The maximum Gasteiger partial charge on any atom is 0.0944 e. The first-order chi connectivity index (χ1) is 7.75. The van der Waals surface area contributed by atoms with Gasteiger partial charge in [-0.25, -0.2) is 0 Å².